The Kier molecular flexibility index (Phi) is 4.79. The van der Waals surface area contributed by atoms with Crippen LogP contribution >= 0.6 is 0 Å². The lowest BCUT2D eigenvalue weighted by molar-refractivity contribution is 0.198. The molecule has 2 aliphatic rings. The molecule has 1 N–H and O–H groups in total. The summed E-state index contributed by atoms with van der Waals surface area (Å²) in [6.45, 7) is 3.47. The SMILES string of the molecule is Fc1cccc(F)c1-c1cn[nH]c1[C@@H]1CCCN(Cc2ccc3c(c2)CCO3)C1. The number of nitrogens with one attached hydrogen (secondary N) is 1. The third-order valence-electron chi connectivity index (χ3n) is 5.97. The number of aromatic amines is 1. The van der Waals surface area contributed by atoms with E-state index in [1.165, 1.54) is 35.5 Å². The van der Waals surface area contributed by atoms with Gasteiger partial charge in [0.2, 0.25) is 0 Å². The fourth-order valence-electron chi connectivity index (χ4n) is 4.59. The van der Waals surface area contributed by atoms with E-state index in [4.69, 9.17) is 4.74 Å². The lowest BCUT2D eigenvalue weighted by Gasteiger charge is -2.32. The van der Waals surface area contributed by atoms with E-state index in [0.29, 0.717) is 5.56 Å². The Labute approximate surface area is 168 Å². The first-order valence-electron chi connectivity index (χ1n) is 10.1. The molecular weight excluding hydrogens is 372 g/mol. The molecule has 0 unspecified atom stereocenters. The minimum atomic E-state index is -0.555. The summed E-state index contributed by atoms with van der Waals surface area (Å²) in [5, 5.41) is 7.13. The van der Waals surface area contributed by atoms with Crippen molar-refractivity contribution >= 4 is 0 Å². The Balaban J connectivity index is 1.36. The van der Waals surface area contributed by atoms with E-state index in [-0.39, 0.29) is 11.5 Å². The Hall–Kier alpha value is -2.73. The first-order chi connectivity index (χ1) is 14.2. The predicted octanol–water partition coefficient (Wildman–Crippen LogP) is 4.67. The van der Waals surface area contributed by atoms with Gasteiger partial charge in [-0.25, -0.2) is 8.78 Å². The van der Waals surface area contributed by atoms with Crippen LogP contribution < -0.4 is 4.74 Å². The zero-order valence-corrected chi connectivity index (χ0v) is 16.1. The van der Waals surface area contributed by atoms with Crippen LogP contribution in [0.15, 0.2) is 42.6 Å². The zero-order valence-electron chi connectivity index (χ0n) is 16.1. The van der Waals surface area contributed by atoms with E-state index in [1.54, 1.807) is 0 Å². The van der Waals surface area contributed by atoms with Gasteiger partial charge in [0.1, 0.15) is 17.4 Å². The van der Waals surface area contributed by atoms with Crippen molar-refractivity contribution < 1.29 is 13.5 Å². The van der Waals surface area contributed by atoms with Crippen molar-refractivity contribution in [3.63, 3.8) is 0 Å². The molecule has 1 fully saturated rings. The van der Waals surface area contributed by atoms with E-state index < -0.39 is 11.6 Å². The maximum atomic E-state index is 14.3. The third kappa shape index (κ3) is 3.53. The molecule has 3 aromatic rings. The highest BCUT2D eigenvalue weighted by molar-refractivity contribution is 5.67. The number of aromatic nitrogens is 2. The number of rotatable bonds is 4. The summed E-state index contributed by atoms with van der Waals surface area (Å²) in [4.78, 5) is 2.41. The van der Waals surface area contributed by atoms with Gasteiger partial charge in [-0.1, -0.05) is 18.2 Å². The first-order valence-corrected chi connectivity index (χ1v) is 10.1. The van der Waals surface area contributed by atoms with Gasteiger partial charge in [0.15, 0.2) is 0 Å². The van der Waals surface area contributed by atoms with Gasteiger partial charge in [-0.05, 0) is 48.7 Å². The van der Waals surface area contributed by atoms with Crippen molar-refractivity contribution in [3.8, 4) is 16.9 Å². The number of halogens is 2. The lowest BCUT2D eigenvalue weighted by atomic mass is 9.90. The average Bonchev–Trinajstić information content (AvgIpc) is 3.37. The fourth-order valence-corrected chi connectivity index (χ4v) is 4.59. The monoisotopic (exact) mass is 395 g/mol. The number of hydrogen-bond donors (Lipinski definition) is 1. The molecule has 6 heteroatoms. The molecule has 1 aromatic heterocycles. The lowest BCUT2D eigenvalue weighted by Crippen LogP contribution is -2.34. The van der Waals surface area contributed by atoms with Gasteiger partial charge in [-0.2, -0.15) is 5.10 Å². The van der Waals surface area contributed by atoms with Crippen LogP contribution in [0.1, 0.15) is 35.6 Å². The van der Waals surface area contributed by atoms with E-state index in [2.05, 4.69) is 33.3 Å². The van der Waals surface area contributed by atoms with Crippen LogP contribution in [-0.4, -0.2) is 34.8 Å². The Morgan fingerprint density at radius 3 is 2.90 bits per heavy atom. The predicted molar refractivity (Wildman–Crippen MR) is 107 cm³/mol. The molecule has 29 heavy (non-hydrogen) atoms. The molecule has 0 saturated carbocycles. The van der Waals surface area contributed by atoms with Crippen LogP contribution in [0.4, 0.5) is 8.78 Å². The van der Waals surface area contributed by atoms with Crippen LogP contribution in [0.5, 0.6) is 5.75 Å². The maximum absolute atomic E-state index is 14.3. The van der Waals surface area contributed by atoms with Gasteiger partial charge < -0.3 is 4.74 Å². The highest BCUT2D eigenvalue weighted by atomic mass is 19.1. The molecule has 4 nitrogen and oxygen atoms in total. The molecule has 1 saturated heterocycles. The number of H-pyrrole nitrogens is 1. The smallest absolute Gasteiger partial charge is 0.134 e. The quantitative estimate of drug-likeness (QED) is 0.698. The number of fused-ring (bicyclic) bond motifs is 1. The molecule has 0 radical (unpaired) electrons. The van der Waals surface area contributed by atoms with Crippen molar-refractivity contribution in [2.75, 3.05) is 19.7 Å². The largest absolute Gasteiger partial charge is 0.493 e. The first kappa shape index (κ1) is 18.3. The van der Waals surface area contributed by atoms with Crippen LogP contribution in [0.3, 0.4) is 0 Å². The van der Waals surface area contributed by atoms with Gasteiger partial charge in [-0.15, -0.1) is 0 Å². The minimum Gasteiger partial charge on any atom is -0.493 e. The molecular formula is C23H23F2N3O. The fraction of sp³-hybridized carbons (Fsp3) is 0.348. The second-order valence-corrected chi connectivity index (χ2v) is 7.91. The van der Waals surface area contributed by atoms with E-state index in [0.717, 1.165) is 56.9 Å². The average molecular weight is 395 g/mol. The van der Waals surface area contributed by atoms with Crippen LogP contribution in [-0.2, 0) is 13.0 Å². The summed E-state index contributed by atoms with van der Waals surface area (Å²) < 4.78 is 34.3. The van der Waals surface area contributed by atoms with Gasteiger partial charge in [-0.3, -0.25) is 10.00 Å². The Bertz CT molecular complexity index is 1010. The Morgan fingerprint density at radius 1 is 1.17 bits per heavy atom. The highest BCUT2D eigenvalue weighted by Gasteiger charge is 2.27. The zero-order chi connectivity index (χ0) is 19.8. The van der Waals surface area contributed by atoms with Crippen LogP contribution in [0.25, 0.3) is 11.1 Å². The normalized spacial score (nSPS) is 19.2. The molecule has 2 aliphatic heterocycles. The van der Waals surface area contributed by atoms with E-state index >= 15 is 0 Å². The van der Waals surface area contributed by atoms with E-state index in [1.807, 2.05) is 0 Å². The summed E-state index contributed by atoms with van der Waals surface area (Å²) in [7, 11) is 0. The van der Waals surface area contributed by atoms with E-state index in [9.17, 15) is 8.78 Å². The van der Waals surface area contributed by atoms with Gasteiger partial charge >= 0.3 is 0 Å². The van der Waals surface area contributed by atoms with Crippen molar-refractivity contribution in [1.82, 2.24) is 15.1 Å². The van der Waals surface area contributed by atoms with Gasteiger partial charge in [0.25, 0.3) is 0 Å². The minimum absolute atomic E-state index is 0.00648. The van der Waals surface area contributed by atoms with Crippen molar-refractivity contribution in [3.05, 3.63) is 71.1 Å². The summed E-state index contributed by atoms with van der Waals surface area (Å²) in [6.07, 6.45) is 4.52. The molecule has 150 valence electrons. The second kappa shape index (κ2) is 7.59. The number of hydrogen-bond acceptors (Lipinski definition) is 3. The van der Waals surface area contributed by atoms with Crippen LogP contribution in [0, 0.1) is 11.6 Å². The molecule has 0 bridgehead atoms. The summed E-state index contributed by atoms with van der Waals surface area (Å²) in [5.74, 6) is 0.0543. The Morgan fingerprint density at radius 2 is 2.03 bits per heavy atom. The number of piperidine rings is 1. The van der Waals surface area contributed by atoms with Crippen molar-refractivity contribution in [2.45, 2.75) is 31.7 Å². The molecule has 0 amide bonds. The number of likely N-dealkylation sites (tertiary alicyclic amines) is 1. The molecule has 2 aromatic carbocycles. The molecule has 1 atom stereocenters. The summed E-state index contributed by atoms with van der Waals surface area (Å²) in [5.41, 5.74) is 3.91. The maximum Gasteiger partial charge on any atom is 0.134 e. The topological polar surface area (TPSA) is 41.2 Å². The number of nitrogens with zero attached hydrogens (tertiary/aromatic N) is 2. The molecule has 5 rings (SSSR count). The summed E-state index contributed by atoms with van der Waals surface area (Å²) >= 11 is 0. The molecule has 3 heterocycles. The highest BCUT2D eigenvalue weighted by Crippen LogP contribution is 2.36. The number of benzene rings is 2. The van der Waals surface area contributed by atoms with Crippen molar-refractivity contribution in [1.29, 1.82) is 0 Å². The van der Waals surface area contributed by atoms with Gasteiger partial charge in [0.05, 0.1) is 18.4 Å². The molecule has 0 aliphatic carbocycles. The molecule has 0 spiro atoms. The van der Waals surface area contributed by atoms with Gasteiger partial charge in [0, 0.05) is 36.7 Å². The second-order valence-electron chi connectivity index (χ2n) is 7.91. The van der Waals surface area contributed by atoms with Crippen LogP contribution in [0.2, 0.25) is 0 Å². The number of ether oxygens (including phenoxy) is 1. The van der Waals surface area contributed by atoms with Crippen molar-refractivity contribution in [2.24, 2.45) is 0 Å². The summed E-state index contributed by atoms with van der Waals surface area (Å²) in [6, 6.07) is 10.4. The third-order valence-corrected chi connectivity index (χ3v) is 5.97. The standard InChI is InChI=1S/C23H23F2N3O/c24-19-4-1-5-20(25)22(19)18-12-26-27-23(18)17-3-2-9-28(14-17)13-15-6-7-21-16(11-15)8-10-29-21/h1,4-7,11-12,17H,2-3,8-10,13-14H2,(H,26,27)/t17-/m1/s1.